The smallest absolute Gasteiger partial charge is 0.316 e. The minimum atomic E-state index is -1.11. The van der Waals surface area contributed by atoms with Gasteiger partial charge in [0, 0.05) is 23.3 Å². The third-order valence-corrected chi connectivity index (χ3v) is 4.45. The number of nitrogens with zero attached hydrogens (tertiary/aromatic N) is 2. The van der Waals surface area contributed by atoms with Gasteiger partial charge in [0.15, 0.2) is 0 Å². The largest absolute Gasteiger partial charge is 0.481 e. The van der Waals surface area contributed by atoms with Crippen LogP contribution in [-0.4, -0.2) is 27.0 Å². The zero-order chi connectivity index (χ0) is 17.0. The zero-order valence-corrected chi connectivity index (χ0v) is 14.0. The van der Waals surface area contributed by atoms with Crippen molar-refractivity contribution in [1.82, 2.24) is 15.3 Å². The molecule has 2 unspecified atom stereocenters. The molecule has 2 heterocycles. The highest BCUT2D eigenvalue weighted by Gasteiger charge is 2.30. The molecule has 2 aromatic rings. The van der Waals surface area contributed by atoms with Crippen LogP contribution in [0.15, 0.2) is 29.9 Å². The molecule has 6 nitrogen and oxygen atoms in total. The van der Waals surface area contributed by atoms with E-state index in [0.717, 1.165) is 16.3 Å². The normalized spacial score (nSPS) is 13.6. The second-order valence-corrected chi connectivity index (χ2v) is 6.49. The quantitative estimate of drug-likeness (QED) is 0.793. The molecule has 0 saturated carbocycles. The summed E-state index contributed by atoms with van der Waals surface area (Å²) in [6.45, 7) is 5.23. The Morgan fingerprint density at radius 1 is 1.30 bits per heavy atom. The minimum Gasteiger partial charge on any atom is -0.481 e. The van der Waals surface area contributed by atoms with Crippen molar-refractivity contribution in [3.63, 3.8) is 0 Å². The van der Waals surface area contributed by atoms with Crippen LogP contribution < -0.4 is 5.32 Å². The van der Waals surface area contributed by atoms with Gasteiger partial charge >= 0.3 is 5.97 Å². The maximum Gasteiger partial charge on any atom is 0.316 e. The van der Waals surface area contributed by atoms with E-state index in [0.29, 0.717) is 0 Å². The Labute approximate surface area is 138 Å². The van der Waals surface area contributed by atoms with Crippen LogP contribution in [0.4, 0.5) is 0 Å². The number of hydrogen-bond acceptors (Lipinski definition) is 5. The Morgan fingerprint density at radius 3 is 2.61 bits per heavy atom. The van der Waals surface area contributed by atoms with E-state index in [1.165, 1.54) is 11.3 Å². The SMILES string of the molecule is CC(NC(=O)C(C(=O)O)C(C)C)c1nc(-c2cccnc2)cs1. The monoisotopic (exact) mass is 333 g/mol. The lowest BCUT2D eigenvalue weighted by atomic mass is 9.95. The number of thiazole rings is 1. The molecule has 1 amide bonds. The molecule has 0 fully saturated rings. The Morgan fingerprint density at radius 2 is 2.04 bits per heavy atom. The molecular weight excluding hydrogens is 314 g/mol. The highest BCUT2D eigenvalue weighted by molar-refractivity contribution is 7.10. The van der Waals surface area contributed by atoms with Gasteiger partial charge in [-0.2, -0.15) is 0 Å². The van der Waals surface area contributed by atoms with E-state index in [-0.39, 0.29) is 12.0 Å². The van der Waals surface area contributed by atoms with E-state index in [2.05, 4.69) is 15.3 Å². The molecule has 0 aliphatic rings. The summed E-state index contributed by atoms with van der Waals surface area (Å²) in [6, 6.07) is 3.40. The van der Waals surface area contributed by atoms with Crippen molar-refractivity contribution in [3.8, 4) is 11.3 Å². The number of carbonyl (C=O) groups is 2. The van der Waals surface area contributed by atoms with Crippen molar-refractivity contribution < 1.29 is 14.7 Å². The topological polar surface area (TPSA) is 92.2 Å². The average Bonchev–Trinajstić information content (AvgIpc) is 2.97. The highest BCUT2D eigenvalue weighted by atomic mass is 32.1. The van der Waals surface area contributed by atoms with Crippen molar-refractivity contribution in [2.45, 2.75) is 26.8 Å². The lowest BCUT2D eigenvalue weighted by Crippen LogP contribution is -2.39. The lowest BCUT2D eigenvalue weighted by molar-refractivity contribution is -0.149. The van der Waals surface area contributed by atoms with Gasteiger partial charge in [0.2, 0.25) is 5.91 Å². The van der Waals surface area contributed by atoms with Gasteiger partial charge in [-0.05, 0) is 25.0 Å². The molecule has 0 aliphatic heterocycles. The summed E-state index contributed by atoms with van der Waals surface area (Å²) in [5.74, 6) is -2.94. The fourth-order valence-corrected chi connectivity index (χ4v) is 3.03. The number of aromatic nitrogens is 2. The second-order valence-electron chi connectivity index (χ2n) is 5.60. The molecule has 0 spiro atoms. The van der Waals surface area contributed by atoms with Gasteiger partial charge in [-0.15, -0.1) is 11.3 Å². The number of rotatable bonds is 6. The molecule has 0 aromatic carbocycles. The molecule has 2 N–H and O–H groups in total. The van der Waals surface area contributed by atoms with Crippen LogP contribution in [0.25, 0.3) is 11.3 Å². The molecule has 0 saturated heterocycles. The van der Waals surface area contributed by atoms with Gasteiger partial charge in [0.25, 0.3) is 0 Å². The average molecular weight is 333 g/mol. The Bertz CT molecular complexity index is 685. The predicted molar refractivity (Wildman–Crippen MR) is 87.9 cm³/mol. The number of hydrogen-bond donors (Lipinski definition) is 2. The van der Waals surface area contributed by atoms with Crippen molar-refractivity contribution in [1.29, 1.82) is 0 Å². The van der Waals surface area contributed by atoms with E-state index < -0.39 is 17.8 Å². The first-order valence-corrected chi connectivity index (χ1v) is 8.17. The van der Waals surface area contributed by atoms with Gasteiger partial charge in [-0.3, -0.25) is 14.6 Å². The number of pyridine rings is 1. The van der Waals surface area contributed by atoms with Crippen LogP contribution in [0.2, 0.25) is 0 Å². The van der Waals surface area contributed by atoms with Crippen molar-refractivity contribution in [2.75, 3.05) is 0 Å². The van der Waals surface area contributed by atoms with Crippen LogP contribution in [0.3, 0.4) is 0 Å². The van der Waals surface area contributed by atoms with E-state index in [1.54, 1.807) is 33.2 Å². The number of carboxylic acid groups (broad SMARTS) is 1. The molecule has 2 aromatic heterocycles. The Hall–Kier alpha value is -2.28. The summed E-state index contributed by atoms with van der Waals surface area (Å²) in [5.41, 5.74) is 1.69. The van der Waals surface area contributed by atoms with Crippen LogP contribution in [-0.2, 0) is 9.59 Å². The fourth-order valence-electron chi connectivity index (χ4n) is 2.20. The molecule has 7 heteroatoms. The van der Waals surface area contributed by atoms with Gasteiger partial charge in [0.1, 0.15) is 10.9 Å². The number of aliphatic carboxylic acids is 1. The summed E-state index contributed by atoms with van der Waals surface area (Å²) in [4.78, 5) is 31.9. The van der Waals surface area contributed by atoms with E-state index >= 15 is 0 Å². The first-order valence-electron chi connectivity index (χ1n) is 7.29. The number of carbonyl (C=O) groups excluding carboxylic acids is 1. The number of nitrogens with one attached hydrogen (secondary N) is 1. The number of amides is 1. The maximum absolute atomic E-state index is 12.2. The maximum atomic E-state index is 12.2. The van der Waals surface area contributed by atoms with E-state index in [9.17, 15) is 9.59 Å². The van der Waals surface area contributed by atoms with Gasteiger partial charge < -0.3 is 10.4 Å². The van der Waals surface area contributed by atoms with Crippen LogP contribution in [0.5, 0.6) is 0 Å². The molecule has 0 radical (unpaired) electrons. The lowest BCUT2D eigenvalue weighted by Gasteiger charge is -2.18. The summed E-state index contributed by atoms with van der Waals surface area (Å²) >= 11 is 1.42. The van der Waals surface area contributed by atoms with Crippen molar-refractivity contribution in [2.24, 2.45) is 11.8 Å². The van der Waals surface area contributed by atoms with Crippen LogP contribution in [0, 0.1) is 11.8 Å². The van der Waals surface area contributed by atoms with Crippen LogP contribution in [0.1, 0.15) is 31.8 Å². The highest BCUT2D eigenvalue weighted by Crippen LogP contribution is 2.25. The number of carboxylic acids is 1. The standard InChI is InChI=1S/C16H19N3O3S/c1-9(2)13(16(21)22)14(20)18-10(3)15-19-12(8-23-15)11-5-4-6-17-7-11/h4-10,13H,1-3H3,(H,18,20)(H,21,22). The van der Waals surface area contributed by atoms with Gasteiger partial charge in [-0.25, -0.2) is 4.98 Å². The molecule has 23 heavy (non-hydrogen) atoms. The predicted octanol–water partition coefficient (Wildman–Crippen LogP) is 2.74. The van der Waals surface area contributed by atoms with E-state index in [4.69, 9.17) is 5.11 Å². The third-order valence-electron chi connectivity index (χ3n) is 3.42. The molecule has 0 aliphatic carbocycles. The third kappa shape index (κ3) is 4.13. The van der Waals surface area contributed by atoms with Gasteiger partial charge in [0.05, 0.1) is 11.7 Å². The Balaban J connectivity index is 2.09. The van der Waals surface area contributed by atoms with Gasteiger partial charge in [-0.1, -0.05) is 13.8 Å². The zero-order valence-electron chi connectivity index (χ0n) is 13.2. The van der Waals surface area contributed by atoms with Crippen molar-refractivity contribution >= 4 is 23.2 Å². The first-order chi connectivity index (χ1) is 10.9. The van der Waals surface area contributed by atoms with Crippen molar-refractivity contribution in [3.05, 3.63) is 34.9 Å². The second kappa shape index (κ2) is 7.32. The minimum absolute atomic E-state index is 0.276. The fraction of sp³-hybridized carbons (Fsp3) is 0.375. The molecule has 0 bridgehead atoms. The molecule has 122 valence electrons. The first kappa shape index (κ1) is 17.1. The summed E-state index contributed by atoms with van der Waals surface area (Å²) in [6.07, 6.45) is 3.42. The molecular formula is C16H19N3O3S. The summed E-state index contributed by atoms with van der Waals surface area (Å²) in [7, 11) is 0. The molecule has 2 atom stereocenters. The molecule has 2 rings (SSSR count). The summed E-state index contributed by atoms with van der Waals surface area (Å²) < 4.78 is 0. The Kier molecular flexibility index (Phi) is 5.44. The van der Waals surface area contributed by atoms with Crippen LogP contribution >= 0.6 is 11.3 Å². The van der Waals surface area contributed by atoms with E-state index in [1.807, 2.05) is 17.5 Å². The summed E-state index contributed by atoms with van der Waals surface area (Å²) in [5, 5.41) is 14.5.